The SMILES string of the molecule is CC(=Nc1ccccc1Cc1ccccc1)C1C=CC=CC1. The quantitative estimate of drug-likeness (QED) is 0.658. The fourth-order valence-corrected chi connectivity index (χ4v) is 2.75. The van der Waals surface area contributed by atoms with Crippen LogP contribution in [0.25, 0.3) is 0 Å². The van der Waals surface area contributed by atoms with E-state index in [1.165, 1.54) is 16.8 Å². The van der Waals surface area contributed by atoms with Gasteiger partial charge in [-0.15, -0.1) is 0 Å². The topological polar surface area (TPSA) is 12.4 Å². The molecule has 2 aromatic rings. The highest BCUT2D eigenvalue weighted by atomic mass is 14.8. The Labute approximate surface area is 132 Å². The van der Waals surface area contributed by atoms with Crippen molar-refractivity contribution < 1.29 is 0 Å². The van der Waals surface area contributed by atoms with Crippen LogP contribution in [0.15, 0.2) is 83.9 Å². The van der Waals surface area contributed by atoms with Gasteiger partial charge in [0.1, 0.15) is 0 Å². The van der Waals surface area contributed by atoms with Crippen molar-refractivity contribution in [1.82, 2.24) is 0 Å². The van der Waals surface area contributed by atoms with E-state index in [-0.39, 0.29) is 0 Å². The van der Waals surface area contributed by atoms with Crippen molar-refractivity contribution in [3.8, 4) is 0 Å². The van der Waals surface area contributed by atoms with Crippen molar-refractivity contribution in [1.29, 1.82) is 0 Å². The second-order valence-corrected chi connectivity index (χ2v) is 5.70. The molecule has 22 heavy (non-hydrogen) atoms. The Bertz CT molecular complexity index is 708. The minimum absolute atomic E-state index is 0.426. The zero-order valence-corrected chi connectivity index (χ0v) is 12.9. The van der Waals surface area contributed by atoms with Gasteiger partial charge in [-0.3, -0.25) is 4.99 Å². The lowest BCUT2D eigenvalue weighted by Crippen LogP contribution is -2.08. The molecular formula is C21H21N. The van der Waals surface area contributed by atoms with E-state index >= 15 is 0 Å². The lowest BCUT2D eigenvalue weighted by atomic mass is 9.96. The lowest BCUT2D eigenvalue weighted by Gasteiger charge is -2.14. The molecule has 3 rings (SSSR count). The van der Waals surface area contributed by atoms with E-state index in [0.29, 0.717) is 5.92 Å². The van der Waals surface area contributed by atoms with E-state index in [4.69, 9.17) is 4.99 Å². The van der Waals surface area contributed by atoms with E-state index in [1.54, 1.807) is 0 Å². The van der Waals surface area contributed by atoms with Crippen LogP contribution in [0.2, 0.25) is 0 Å². The summed E-state index contributed by atoms with van der Waals surface area (Å²) in [6, 6.07) is 19.0. The van der Waals surface area contributed by atoms with Crippen molar-refractivity contribution in [3.05, 3.63) is 90.0 Å². The number of rotatable bonds is 4. The molecule has 1 heteroatoms. The summed E-state index contributed by atoms with van der Waals surface area (Å²) in [6.45, 7) is 2.13. The maximum Gasteiger partial charge on any atom is 0.0664 e. The van der Waals surface area contributed by atoms with Gasteiger partial charge in [0.05, 0.1) is 5.69 Å². The van der Waals surface area contributed by atoms with E-state index < -0.39 is 0 Å². The first kappa shape index (κ1) is 14.5. The van der Waals surface area contributed by atoms with Crippen LogP contribution in [0.5, 0.6) is 0 Å². The summed E-state index contributed by atoms with van der Waals surface area (Å²) in [6.07, 6.45) is 10.6. The minimum Gasteiger partial charge on any atom is -0.257 e. The van der Waals surface area contributed by atoms with Crippen LogP contribution in [-0.4, -0.2) is 5.71 Å². The highest BCUT2D eigenvalue weighted by Crippen LogP contribution is 2.24. The summed E-state index contributed by atoms with van der Waals surface area (Å²) in [7, 11) is 0. The third kappa shape index (κ3) is 3.62. The number of hydrogen-bond acceptors (Lipinski definition) is 1. The molecule has 0 aliphatic heterocycles. The van der Waals surface area contributed by atoms with E-state index in [1.807, 2.05) is 0 Å². The van der Waals surface area contributed by atoms with Crippen LogP contribution in [0.3, 0.4) is 0 Å². The number of hydrogen-bond donors (Lipinski definition) is 0. The monoisotopic (exact) mass is 287 g/mol. The minimum atomic E-state index is 0.426. The van der Waals surface area contributed by atoms with E-state index in [9.17, 15) is 0 Å². The van der Waals surface area contributed by atoms with E-state index in [0.717, 1.165) is 18.5 Å². The Kier molecular flexibility index (Phi) is 4.65. The Balaban J connectivity index is 1.85. The predicted octanol–water partition coefficient (Wildman–Crippen LogP) is 5.50. The van der Waals surface area contributed by atoms with Crippen molar-refractivity contribution >= 4 is 11.4 Å². The van der Waals surface area contributed by atoms with Crippen LogP contribution < -0.4 is 0 Å². The largest absolute Gasteiger partial charge is 0.257 e. The second kappa shape index (κ2) is 7.04. The molecule has 0 N–H and O–H groups in total. The van der Waals surface area contributed by atoms with Gasteiger partial charge >= 0.3 is 0 Å². The standard InChI is InChI=1S/C21H21N/c1-17(19-12-6-3-7-13-19)22-21-15-9-8-14-20(21)16-18-10-4-2-5-11-18/h2-12,14-15,19H,13,16H2,1H3. The average molecular weight is 287 g/mol. The molecule has 0 heterocycles. The van der Waals surface area contributed by atoms with Gasteiger partial charge < -0.3 is 0 Å². The molecule has 0 radical (unpaired) electrons. The van der Waals surface area contributed by atoms with Gasteiger partial charge in [0.15, 0.2) is 0 Å². The number of aliphatic imine (C=N–C) groups is 1. The maximum atomic E-state index is 4.91. The highest BCUT2D eigenvalue weighted by Gasteiger charge is 2.10. The van der Waals surface area contributed by atoms with Gasteiger partial charge in [-0.25, -0.2) is 0 Å². The molecule has 0 fully saturated rings. The van der Waals surface area contributed by atoms with Gasteiger partial charge in [-0.2, -0.15) is 0 Å². The Morgan fingerprint density at radius 3 is 2.55 bits per heavy atom. The van der Waals surface area contributed by atoms with Crippen molar-refractivity contribution in [2.75, 3.05) is 0 Å². The van der Waals surface area contributed by atoms with Gasteiger partial charge in [0.25, 0.3) is 0 Å². The average Bonchev–Trinajstić information content (AvgIpc) is 2.58. The third-order valence-electron chi connectivity index (χ3n) is 4.04. The second-order valence-electron chi connectivity index (χ2n) is 5.70. The smallest absolute Gasteiger partial charge is 0.0664 e. The van der Waals surface area contributed by atoms with Gasteiger partial charge in [-0.1, -0.05) is 72.8 Å². The van der Waals surface area contributed by atoms with Crippen LogP contribution in [0, 0.1) is 5.92 Å². The molecule has 0 bridgehead atoms. The van der Waals surface area contributed by atoms with Gasteiger partial charge in [-0.05, 0) is 37.0 Å². The summed E-state index contributed by atoms with van der Waals surface area (Å²) in [5.41, 5.74) is 4.87. The van der Waals surface area contributed by atoms with Gasteiger partial charge in [0.2, 0.25) is 0 Å². The Morgan fingerprint density at radius 2 is 1.77 bits per heavy atom. The highest BCUT2D eigenvalue weighted by molar-refractivity contribution is 5.89. The fraction of sp³-hybridized carbons (Fsp3) is 0.190. The zero-order valence-electron chi connectivity index (χ0n) is 12.9. The van der Waals surface area contributed by atoms with E-state index in [2.05, 4.69) is 85.8 Å². The number of allylic oxidation sites excluding steroid dienone is 4. The zero-order chi connectivity index (χ0) is 15.2. The van der Waals surface area contributed by atoms with Crippen molar-refractivity contribution in [3.63, 3.8) is 0 Å². The molecular weight excluding hydrogens is 266 g/mol. The third-order valence-corrected chi connectivity index (χ3v) is 4.04. The summed E-state index contributed by atoms with van der Waals surface area (Å²) in [5, 5.41) is 0. The van der Waals surface area contributed by atoms with Crippen LogP contribution in [-0.2, 0) is 6.42 Å². The molecule has 1 aliphatic rings. The summed E-state index contributed by atoms with van der Waals surface area (Å²) < 4.78 is 0. The van der Waals surface area contributed by atoms with Crippen molar-refractivity contribution in [2.24, 2.45) is 10.9 Å². The molecule has 0 saturated carbocycles. The fourth-order valence-electron chi connectivity index (χ4n) is 2.75. The molecule has 110 valence electrons. The predicted molar refractivity (Wildman–Crippen MR) is 94.8 cm³/mol. The molecule has 0 amide bonds. The first-order valence-corrected chi connectivity index (χ1v) is 7.83. The first-order valence-electron chi connectivity index (χ1n) is 7.83. The van der Waals surface area contributed by atoms with Crippen LogP contribution in [0.1, 0.15) is 24.5 Å². The van der Waals surface area contributed by atoms with Crippen LogP contribution in [0.4, 0.5) is 5.69 Å². The molecule has 1 nitrogen and oxygen atoms in total. The molecule has 0 aromatic heterocycles. The van der Waals surface area contributed by atoms with Gasteiger partial charge in [0, 0.05) is 11.6 Å². The summed E-state index contributed by atoms with van der Waals surface area (Å²) in [5.74, 6) is 0.426. The molecule has 0 spiro atoms. The molecule has 1 aliphatic carbocycles. The molecule has 0 saturated heterocycles. The van der Waals surface area contributed by atoms with Crippen molar-refractivity contribution in [2.45, 2.75) is 19.8 Å². The van der Waals surface area contributed by atoms with Crippen LogP contribution >= 0.6 is 0 Å². The molecule has 2 aromatic carbocycles. The number of nitrogens with zero attached hydrogens (tertiary/aromatic N) is 1. The number of benzene rings is 2. The Morgan fingerprint density at radius 1 is 1.00 bits per heavy atom. The molecule has 1 unspecified atom stereocenters. The normalized spacial score (nSPS) is 17.7. The Hall–Kier alpha value is -2.41. The summed E-state index contributed by atoms with van der Waals surface area (Å²) in [4.78, 5) is 4.91. The number of para-hydroxylation sites is 1. The maximum absolute atomic E-state index is 4.91. The summed E-state index contributed by atoms with van der Waals surface area (Å²) >= 11 is 0. The lowest BCUT2D eigenvalue weighted by molar-refractivity contribution is 0.863. The molecule has 1 atom stereocenters. The first-order chi connectivity index (χ1) is 10.8.